The number of thiocarbonyl (C=S) groups is 1. The highest BCUT2D eigenvalue weighted by atomic mass is 79.9. The van der Waals surface area contributed by atoms with E-state index in [0.717, 1.165) is 20.3 Å². The first kappa shape index (κ1) is 16.2. The van der Waals surface area contributed by atoms with Gasteiger partial charge in [0.25, 0.3) is 0 Å². The highest BCUT2D eigenvalue weighted by Gasteiger charge is 2.11. The van der Waals surface area contributed by atoms with E-state index in [1.165, 1.54) is 0 Å². The molecule has 0 amide bonds. The van der Waals surface area contributed by atoms with Gasteiger partial charge in [-0.3, -0.25) is 4.98 Å². The quantitative estimate of drug-likeness (QED) is 0.729. The number of rotatable bonds is 5. The summed E-state index contributed by atoms with van der Waals surface area (Å²) < 4.78 is 12.6. The van der Waals surface area contributed by atoms with Crippen molar-refractivity contribution in [3.8, 4) is 11.5 Å². The highest BCUT2D eigenvalue weighted by Crippen LogP contribution is 2.36. The molecular weight excluding hydrogens is 420 g/mol. The maximum absolute atomic E-state index is 5.81. The number of aromatic nitrogens is 1. The Hall–Kier alpha value is -1.18. The Kier molecular flexibility index (Phi) is 5.55. The summed E-state index contributed by atoms with van der Waals surface area (Å²) in [4.78, 5) is 4.42. The fraction of sp³-hybridized carbons (Fsp3) is 0.143. The van der Waals surface area contributed by atoms with Crippen LogP contribution >= 0.6 is 44.1 Å². The van der Waals surface area contributed by atoms with Gasteiger partial charge in [0.2, 0.25) is 0 Å². The first-order valence-electron chi connectivity index (χ1n) is 5.92. The average Bonchev–Trinajstić information content (AvgIpc) is 2.47. The lowest BCUT2D eigenvalue weighted by Gasteiger charge is -2.12. The van der Waals surface area contributed by atoms with Crippen LogP contribution in [-0.2, 0) is 6.61 Å². The van der Waals surface area contributed by atoms with E-state index in [1.54, 1.807) is 13.3 Å². The Morgan fingerprint density at radius 3 is 2.62 bits per heavy atom. The molecule has 4 nitrogen and oxygen atoms in total. The van der Waals surface area contributed by atoms with Crippen molar-refractivity contribution in [2.75, 3.05) is 7.11 Å². The zero-order valence-corrected chi connectivity index (χ0v) is 15.1. The number of nitrogens with two attached hydrogens (primary N) is 1. The van der Waals surface area contributed by atoms with Crippen molar-refractivity contribution >= 4 is 49.1 Å². The maximum atomic E-state index is 5.81. The molecule has 0 aliphatic rings. The lowest BCUT2D eigenvalue weighted by molar-refractivity contribution is 0.302. The van der Waals surface area contributed by atoms with E-state index < -0.39 is 0 Å². The van der Waals surface area contributed by atoms with Crippen LogP contribution in [0.5, 0.6) is 11.5 Å². The van der Waals surface area contributed by atoms with Gasteiger partial charge in [0, 0.05) is 11.8 Å². The number of methoxy groups -OCH3 is 1. The Labute approximate surface area is 144 Å². The minimum atomic E-state index is 0.254. The normalized spacial score (nSPS) is 10.2. The first-order chi connectivity index (χ1) is 10.0. The summed E-state index contributed by atoms with van der Waals surface area (Å²) in [5, 5.41) is 0. The van der Waals surface area contributed by atoms with E-state index in [-0.39, 0.29) is 4.99 Å². The van der Waals surface area contributed by atoms with Gasteiger partial charge in [0.05, 0.1) is 16.1 Å². The average molecular weight is 432 g/mol. The summed E-state index contributed by atoms with van der Waals surface area (Å²) in [6, 6.07) is 7.37. The Balaban J connectivity index is 2.21. The second-order valence-electron chi connectivity index (χ2n) is 4.08. The number of pyridine rings is 1. The van der Waals surface area contributed by atoms with Crippen LogP contribution in [0.1, 0.15) is 11.3 Å². The molecule has 0 atom stereocenters. The standard InChI is InChI=1S/C14H12Br2N2O2S/c1-19-11-5-10(16)12(6-9(11)15)20-7-8-3-2-4-18-13(8)14(17)21/h2-6H,7H2,1H3,(H2,17,21). The molecule has 7 heteroatoms. The Bertz CT molecular complexity index is 680. The molecule has 0 bridgehead atoms. The molecule has 2 rings (SSSR count). The molecule has 21 heavy (non-hydrogen) atoms. The van der Waals surface area contributed by atoms with Gasteiger partial charge in [-0.15, -0.1) is 0 Å². The predicted molar refractivity (Wildman–Crippen MR) is 92.9 cm³/mol. The second kappa shape index (κ2) is 7.20. The molecule has 0 unspecified atom stereocenters. The van der Waals surface area contributed by atoms with Crippen molar-refractivity contribution in [1.82, 2.24) is 4.98 Å². The van der Waals surface area contributed by atoms with Crippen LogP contribution in [0.2, 0.25) is 0 Å². The first-order valence-corrected chi connectivity index (χ1v) is 7.92. The number of ether oxygens (including phenoxy) is 2. The van der Waals surface area contributed by atoms with Crippen molar-refractivity contribution < 1.29 is 9.47 Å². The summed E-state index contributed by atoms with van der Waals surface area (Å²) in [6.45, 7) is 0.317. The summed E-state index contributed by atoms with van der Waals surface area (Å²) in [6.07, 6.45) is 1.65. The summed E-state index contributed by atoms with van der Waals surface area (Å²) in [7, 11) is 1.61. The van der Waals surface area contributed by atoms with Crippen LogP contribution in [0.4, 0.5) is 0 Å². The molecular formula is C14H12Br2N2O2S. The van der Waals surface area contributed by atoms with Gasteiger partial charge in [-0.2, -0.15) is 0 Å². The van der Waals surface area contributed by atoms with E-state index in [4.69, 9.17) is 27.4 Å². The molecule has 0 aliphatic heterocycles. The maximum Gasteiger partial charge on any atom is 0.135 e. The fourth-order valence-electron chi connectivity index (χ4n) is 1.71. The smallest absolute Gasteiger partial charge is 0.135 e. The van der Waals surface area contributed by atoms with Crippen molar-refractivity contribution in [2.24, 2.45) is 5.73 Å². The van der Waals surface area contributed by atoms with Crippen LogP contribution in [0.3, 0.4) is 0 Å². The van der Waals surface area contributed by atoms with Gasteiger partial charge >= 0.3 is 0 Å². The van der Waals surface area contributed by atoms with Crippen molar-refractivity contribution in [3.05, 3.63) is 50.7 Å². The fourth-order valence-corrected chi connectivity index (χ4v) is 2.81. The molecule has 2 N–H and O–H groups in total. The van der Waals surface area contributed by atoms with E-state index >= 15 is 0 Å². The molecule has 1 aromatic heterocycles. The predicted octanol–water partition coefficient (Wildman–Crippen LogP) is 3.83. The number of hydrogen-bond acceptors (Lipinski definition) is 4. The second-order valence-corrected chi connectivity index (χ2v) is 6.23. The zero-order chi connectivity index (χ0) is 15.4. The third kappa shape index (κ3) is 3.93. The summed E-state index contributed by atoms with van der Waals surface area (Å²) in [5.41, 5.74) is 7.07. The molecule has 0 saturated heterocycles. The van der Waals surface area contributed by atoms with E-state index in [9.17, 15) is 0 Å². The van der Waals surface area contributed by atoms with E-state index in [0.29, 0.717) is 18.1 Å². The molecule has 0 saturated carbocycles. The monoisotopic (exact) mass is 430 g/mol. The third-order valence-electron chi connectivity index (χ3n) is 2.71. The third-order valence-corrected chi connectivity index (χ3v) is 4.15. The van der Waals surface area contributed by atoms with Crippen LogP contribution in [-0.4, -0.2) is 17.1 Å². The molecule has 0 aliphatic carbocycles. The topological polar surface area (TPSA) is 57.4 Å². The minimum Gasteiger partial charge on any atom is -0.496 e. The van der Waals surface area contributed by atoms with Gasteiger partial charge in [-0.1, -0.05) is 18.3 Å². The van der Waals surface area contributed by atoms with Gasteiger partial charge in [0.1, 0.15) is 28.8 Å². The number of halogens is 2. The largest absolute Gasteiger partial charge is 0.496 e. The van der Waals surface area contributed by atoms with Crippen molar-refractivity contribution in [1.29, 1.82) is 0 Å². The van der Waals surface area contributed by atoms with Gasteiger partial charge < -0.3 is 15.2 Å². The molecule has 0 fully saturated rings. The lowest BCUT2D eigenvalue weighted by atomic mass is 10.2. The van der Waals surface area contributed by atoms with Gasteiger partial charge in [0.15, 0.2) is 0 Å². The molecule has 1 heterocycles. The van der Waals surface area contributed by atoms with Crippen LogP contribution in [0, 0.1) is 0 Å². The number of nitrogens with zero attached hydrogens (tertiary/aromatic N) is 1. The number of hydrogen-bond donors (Lipinski definition) is 1. The van der Waals surface area contributed by atoms with Crippen LogP contribution in [0.25, 0.3) is 0 Å². The SMILES string of the molecule is COc1cc(Br)c(OCc2cccnc2C(N)=S)cc1Br. The molecule has 1 aromatic carbocycles. The van der Waals surface area contributed by atoms with Gasteiger partial charge in [-0.05, 0) is 50.1 Å². The summed E-state index contributed by atoms with van der Waals surface area (Å²) in [5.74, 6) is 1.40. The molecule has 110 valence electrons. The van der Waals surface area contributed by atoms with E-state index in [1.807, 2.05) is 24.3 Å². The van der Waals surface area contributed by atoms with Crippen molar-refractivity contribution in [2.45, 2.75) is 6.61 Å². The number of benzene rings is 1. The molecule has 0 radical (unpaired) electrons. The van der Waals surface area contributed by atoms with Crippen molar-refractivity contribution in [3.63, 3.8) is 0 Å². The van der Waals surface area contributed by atoms with Gasteiger partial charge in [-0.25, -0.2) is 0 Å². The molecule has 0 spiro atoms. The molecule has 2 aromatic rings. The summed E-state index contributed by atoms with van der Waals surface area (Å²) >= 11 is 11.9. The van der Waals surface area contributed by atoms with Crippen LogP contribution < -0.4 is 15.2 Å². The minimum absolute atomic E-state index is 0.254. The van der Waals surface area contributed by atoms with E-state index in [2.05, 4.69) is 36.8 Å². The van der Waals surface area contributed by atoms with Crippen LogP contribution in [0.15, 0.2) is 39.4 Å². The lowest BCUT2D eigenvalue weighted by Crippen LogP contribution is -2.15. The Morgan fingerprint density at radius 2 is 1.95 bits per heavy atom. The zero-order valence-electron chi connectivity index (χ0n) is 11.1. The highest BCUT2D eigenvalue weighted by molar-refractivity contribution is 9.11. The Morgan fingerprint density at radius 1 is 1.29 bits per heavy atom.